The summed E-state index contributed by atoms with van der Waals surface area (Å²) >= 11 is 0. The average molecular weight is 463 g/mol. The van der Waals surface area contributed by atoms with Crippen LogP contribution in [-0.4, -0.2) is 42.5 Å². The van der Waals surface area contributed by atoms with Crippen LogP contribution in [-0.2, 0) is 6.54 Å². The highest BCUT2D eigenvalue weighted by Gasteiger charge is 2.14. The number of nitrogens with two attached hydrogens (primary N) is 1. The number of hydrogen-bond donors (Lipinski definition) is 1. The third-order valence-corrected chi connectivity index (χ3v) is 3.39. The Kier molecular flexibility index (Phi) is 6.18. The lowest BCUT2D eigenvalue weighted by molar-refractivity contribution is 0.100. The summed E-state index contributed by atoms with van der Waals surface area (Å²) in [6.07, 6.45) is 6.43. The summed E-state index contributed by atoms with van der Waals surface area (Å²) in [6, 6.07) is 8.73. The molecule has 26 heavy (non-hydrogen) atoms. The summed E-state index contributed by atoms with van der Waals surface area (Å²) in [5.74, 6) is 2.12. The number of Topliss-reactive ketones (excluding diaryl/α,β-unsaturated/α-hetero) is 1. The lowest BCUT2D eigenvalue weighted by atomic mass is 10.1. The topological polar surface area (TPSA) is 121 Å². The van der Waals surface area contributed by atoms with Crippen LogP contribution in [0.4, 0.5) is 0 Å². The van der Waals surface area contributed by atoms with Crippen LogP contribution in [0.25, 0.3) is 5.65 Å². The number of imidazole rings is 1. The molecule has 9 nitrogen and oxygen atoms in total. The van der Waals surface area contributed by atoms with Crippen molar-refractivity contribution in [3.05, 3.63) is 58.4 Å². The Hall–Kier alpha value is -3.07. The molecule has 0 aliphatic rings. The summed E-state index contributed by atoms with van der Waals surface area (Å²) in [6.45, 7) is -0.152. The van der Waals surface area contributed by atoms with E-state index in [0.29, 0.717) is 5.56 Å². The number of carbonyl (C=O) groups excluding carboxylic acids is 1. The second-order valence-electron chi connectivity index (χ2n) is 5.01. The molecule has 0 aliphatic heterocycles. The molecule has 2 N–H and O–H groups in total. The first-order chi connectivity index (χ1) is 12.1. The summed E-state index contributed by atoms with van der Waals surface area (Å²) in [5, 5.41) is 7.63. The van der Waals surface area contributed by atoms with E-state index in [1.54, 1.807) is 24.3 Å². The fraction of sp³-hybridized carbons (Fsp3) is 0.125. The maximum atomic E-state index is 12.2. The highest BCUT2D eigenvalue weighted by atomic mass is 127. The molecule has 0 saturated heterocycles. The summed E-state index contributed by atoms with van der Waals surface area (Å²) in [5.41, 5.74) is 6.26. The SMILES string of the molecule is C#CCn1nnc2c(C(N)=NCC(=O)c3ccccc3)ncn2c1=O.I. The zero-order chi connectivity index (χ0) is 17.8. The maximum absolute atomic E-state index is 12.2. The molecule has 3 aromatic rings. The van der Waals surface area contributed by atoms with Gasteiger partial charge in [0.05, 0.1) is 0 Å². The molecule has 0 saturated carbocycles. The fourth-order valence-electron chi connectivity index (χ4n) is 2.15. The Morgan fingerprint density at radius 2 is 2.04 bits per heavy atom. The highest BCUT2D eigenvalue weighted by molar-refractivity contribution is 14.0. The number of ketones is 1. The third-order valence-electron chi connectivity index (χ3n) is 3.39. The molecule has 0 bridgehead atoms. The van der Waals surface area contributed by atoms with Crippen LogP contribution < -0.4 is 11.4 Å². The van der Waals surface area contributed by atoms with Crippen molar-refractivity contribution in [2.45, 2.75) is 6.54 Å². The summed E-state index contributed by atoms with van der Waals surface area (Å²) < 4.78 is 2.19. The Labute approximate surface area is 165 Å². The van der Waals surface area contributed by atoms with E-state index in [4.69, 9.17) is 12.2 Å². The number of halogens is 1. The second-order valence-corrected chi connectivity index (χ2v) is 5.01. The van der Waals surface area contributed by atoms with Crippen molar-refractivity contribution in [2.24, 2.45) is 10.7 Å². The Morgan fingerprint density at radius 3 is 2.73 bits per heavy atom. The minimum Gasteiger partial charge on any atom is -0.382 e. The van der Waals surface area contributed by atoms with Gasteiger partial charge >= 0.3 is 5.69 Å². The van der Waals surface area contributed by atoms with Gasteiger partial charge in [-0.1, -0.05) is 41.5 Å². The fourth-order valence-corrected chi connectivity index (χ4v) is 2.15. The van der Waals surface area contributed by atoms with Crippen molar-refractivity contribution in [1.82, 2.24) is 24.4 Å². The van der Waals surface area contributed by atoms with E-state index in [1.807, 2.05) is 6.07 Å². The summed E-state index contributed by atoms with van der Waals surface area (Å²) in [7, 11) is 0. The van der Waals surface area contributed by atoms with Crippen molar-refractivity contribution >= 4 is 41.2 Å². The van der Waals surface area contributed by atoms with E-state index in [9.17, 15) is 9.59 Å². The van der Waals surface area contributed by atoms with Gasteiger partial charge in [-0.3, -0.25) is 9.79 Å². The zero-order valence-electron chi connectivity index (χ0n) is 13.4. The molecular weight excluding hydrogens is 449 g/mol. The predicted molar refractivity (Wildman–Crippen MR) is 106 cm³/mol. The molecule has 3 rings (SSSR count). The van der Waals surface area contributed by atoms with Gasteiger partial charge < -0.3 is 5.73 Å². The van der Waals surface area contributed by atoms with Gasteiger partial charge in [0, 0.05) is 5.56 Å². The Bertz CT molecular complexity index is 1060. The number of amidine groups is 1. The number of fused-ring (bicyclic) bond motifs is 1. The molecule has 0 aliphatic carbocycles. The van der Waals surface area contributed by atoms with Crippen molar-refractivity contribution < 1.29 is 4.79 Å². The standard InChI is InChI=1S/C16H13N7O2.HI/c1-2-8-23-16(25)22-10-19-13(15(22)20-21-23)14(17)18-9-12(24)11-6-4-3-5-7-11;/h1,3-7,10H,8-9H2,(H2,17,18);1H. The van der Waals surface area contributed by atoms with Crippen LogP contribution in [0.15, 0.2) is 46.4 Å². The number of aromatic nitrogens is 5. The number of terminal acetylenes is 1. The largest absolute Gasteiger partial charge is 0.382 e. The molecule has 2 aromatic heterocycles. The third kappa shape index (κ3) is 3.77. The average Bonchev–Trinajstić information content (AvgIpc) is 3.07. The van der Waals surface area contributed by atoms with E-state index in [2.05, 4.69) is 26.2 Å². The molecular formula is C16H14IN7O2. The van der Waals surface area contributed by atoms with Gasteiger partial charge in [-0.2, -0.15) is 4.68 Å². The predicted octanol–water partition coefficient (Wildman–Crippen LogP) is 0.125. The van der Waals surface area contributed by atoms with E-state index in [-0.39, 0.29) is 60.0 Å². The van der Waals surface area contributed by atoms with E-state index >= 15 is 0 Å². The van der Waals surface area contributed by atoms with Gasteiger partial charge in [-0.05, 0) is 0 Å². The van der Waals surface area contributed by atoms with Crippen molar-refractivity contribution in [1.29, 1.82) is 0 Å². The Morgan fingerprint density at radius 1 is 1.31 bits per heavy atom. The lowest BCUT2D eigenvalue weighted by Crippen LogP contribution is -2.30. The first-order valence-electron chi connectivity index (χ1n) is 7.24. The quantitative estimate of drug-likeness (QED) is 0.189. The minimum atomic E-state index is -0.491. The van der Waals surface area contributed by atoms with Crippen LogP contribution in [0.5, 0.6) is 0 Å². The van der Waals surface area contributed by atoms with E-state index in [0.717, 1.165) is 4.68 Å². The lowest BCUT2D eigenvalue weighted by Gasteiger charge is -2.01. The van der Waals surface area contributed by atoms with Crippen LogP contribution >= 0.6 is 24.0 Å². The zero-order valence-corrected chi connectivity index (χ0v) is 15.8. The number of carbonyl (C=O) groups is 1. The van der Waals surface area contributed by atoms with Crippen molar-refractivity contribution in [3.63, 3.8) is 0 Å². The molecule has 0 amide bonds. The molecule has 0 atom stereocenters. The van der Waals surface area contributed by atoms with Crippen LogP contribution in [0.1, 0.15) is 16.1 Å². The van der Waals surface area contributed by atoms with E-state index in [1.165, 1.54) is 10.7 Å². The molecule has 0 fully saturated rings. The maximum Gasteiger partial charge on any atom is 0.353 e. The van der Waals surface area contributed by atoms with Gasteiger partial charge in [-0.15, -0.1) is 35.5 Å². The number of benzene rings is 1. The van der Waals surface area contributed by atoms with Crippen molar-refractivity contribution in [2.75, 3.05) is 6.54 Å². The van der Waals surface area contributed by atoms with E-state index < -0.39 is 5.69 Å². The molecule has 132 valence electrons. The Balaban J connectivity index is 0.00000243. The number of aliphatic imine (C=N–C) groups is 1. The van der Waals surface area contributed by atoms with Gasteiger partial charge in [0.15, 0.2) is 17.1 Å². The van der Waals surface area contributed by atoms with Crippen molar-refractivity contribution in [3.8, 4) is 12.3 Å². The number of nitrogens with zero attached hydrogens (tertiary/aromatic N) is 6. The van der Waals surface area contributed by atoms with Gasteiger partial charge in [0.1, 0.15) is 25.3 Å². The molecule has 0 unspecified atom stereocenters. The van der Waals surface area contributed by atoms with Crippen LogP contribution in [0.2, 0.25) is 0 Å². The monoisotopic (exact) mass is 463 g/mol. The number of hydrogen-bond acceptors (Lipinski definition) is 6. The molecule has 0 radical (unpaired) electrons. The molecule has 1 aromatic carbocycles. The normalized spacial score (nSPS) is 11.0. The smallest absolute Gasteiger partial charge is 0.353 e. The highest BCUT2D eigenvalue weighted by Crippen LogP contribution is 2.04. The van der Waals surface area contributed by atoms with Gasteiger partial charge in [0.25, 0.3) is 0 Å². The van der Waals surface area contributed by atoms with Crippen LogP contribution in [0.3, 0.4) is 0 Å². The first kappa shape index (κ1) is 19.3. The molecule has 2 heterocycles. The summed E-state index contributed by atoms with van der Waals surface area (Å²) in [4.78, 5) is 32.3. The van der Waals surface area contributed by atoms with Gasteiger partial charge in [0.2, 0.25) is 0 Å². The second kappa shape index (κ2) is 8.34. The minimum absolute atomic E-state index is 0. The number of rotatable bonds is 5. The first-order valence-corrected chi connectivity index (χ1v) is 7.24. The molecule has 0 spiro atoms. The van der Waals surface area contributed by atoms with Crippen LogP contribution in [0, 0.1) is 12.3 Å². The molecule has 10 heteroatoms. The van der Waals surface area contributed by atoms with Gasteiger partial charge in [-0.25, -0.2) is 14.2 Å².